The maximum atomic E-state index is 12.2. The fraction of sp³-hybridized carbons (Fsp3) is 0.150. The second kappa shape index (κ2) is 7.88. The van der Waals surface area contributed by atoms with E-state index in [9.17, 15) is 18.0 Å². The lowest BCUT2D eigenvalue weighted by Gasteiger charge is -2.12. The van der Waals surface area contributed by atoms with Gasteiger partial charge in [-0.05, 0) is 40.6 Å². The lowest BCUT2D eigenvalue weighted by Crippen LogP contribution is -2.19. The molecule has 0 unspecified atom stereocenters. The Balaban J connectivity index is 1.76. The van der Waals surface area contributed by atoms with Crippen LogP contribution in [0.3, 0.4) is 0 Å². The molecule has 0 heterocycles. The highest BCUT2D eigenvalue weighted by Crippen LogP contribution is 2.34. The maximum absolute atomic E-state index is 12.2. The van der Waals surface area contributed by atoms with Gasteiger partial charge in [0.25, 0.3) is 0 Å². The van der Waals surface area contributed by atoms with Crippen molar-refractivity contribution in [3.8, 4) is 17.2 Å². The molecule has 0 bridgehead atoms. The lowest BCUT2D eigenvalue weighted by molar-refractivity contribution is -0.153. The van der Waals surface area contributed by atoms with Gasteiger partial charge in [0.2, 0.25) is 0 Å². The zero-order valence-corrected chi connectivity index (χ0v) is 14.7. The Hall–Kier alpha value is -2.73. The highest BCUT2D eigenvalue weighted by atomic mass is 35.5. The van der Waals surface area contributed by atoms with Gasteiger partial charge in [0.1, 0.15) is 23.5 Å². The molecule has 3 aromatic carbocycles. The molecule has 140 valence electrons. The molecule has 0 aromatic heterocycles. The van der Waals surface area contributed by atoms with Crippen molar-refractivity contribution in [1.82, 2.24) is 0 Å². The number of rotatable bonds is 6. The quantitative estimate of drug-likeness (QED) is 0.483. The van der Waals surface area contributed by atoms with Gasteiger partial charge in [0, 0.05) is 12.5 Å². The van der Waals surface area contributed by atoms with Crippen LogP contribution in [0.4, 0.5) is 13.2 Å². The molecule has 0 saturated carbocycles. The average molecular weight is 395 g/mol. The molecule has 0 atom stereocenters. The summed E-state index contributed by atoms with van der Waals surface area (Å²) in [4.78, 5) is 10.6. The number of aldehydes is 1. The largest absolute Gasteiger partial charge is 0.484 e. The standard InChI is InChI=1S/C20H14ClF3O3/c21-18-11-16(26-12-20(22,23)24)5-6-19(18)27-17-4-3-14-9-13(7-8-25)1-2-15(14)10-17/h1-6,8-11H,7,12H2. The first-order chi connectivity index (χ1) is 12.8. The molecular formula is C20H14ClF3O3. The predicted molar refractivity (Wildman–Crippen MR) is 96.8 cm³/mol. The molecule has 3 nitrogen and oxygen atoms in total. The number of hydrogen-bond acceptors (Lipinski definition) is 3. The minimum absolute atomic E-state index is 0.00546. The molecule has 0 amide bonds. The third-order valence-electron chi connectivity index (χ3n) is 3.73. The number of alkyl halides is 3. The molecule has 3 rings (SSSR count). The molecule has 0 aliphatic carbocycles. The van der Waals surface area contributed by atoms with Gasteiger partial charge in [-0.15, -0.1) is 0 Å². The topological polar surface area (TPSA) is 35.5 Å². The number of ether oxygens (including phenoxy) is 2. The summed E-state index contributed by atoms with van der Waals surface area (Å²) in [6.45, 7) is -1.39. The zero-order chi connectivity index (χ0) is 19.4. The minimum atomic E-state index is -4.42. The van der Waals surface area contributed by atoms with Gasteiger partial charge in [-0.25, -0.2) is 0 Å². The van der Waals surface area contributed by atoms with Crippen LogP contribution in [0.25, 0.3) is 10.8 Å². The van der Waals surface area contributed by atoms with Crippen LogP contribution in [0.1, 0.15) is 5.56 Å². The highest BCUT2D eigenvalue weighted by Gasteiger charge is 2.28. The molecule has 0 fully saturated rings. The number of carbonyl (C=O) groups is 1. The van der Waals surface area contributed by atoms with Crippen molar-refractivity contribution in [1.29, 1.82) is 0 Å². The molecule has 27 heavy (non-hydrogen) atoms. The van der Waals surface area contributed by atoms with Crippen molar-refractivity contribution in [3.63, 3.8) is 0 Å². The van der Waals surface area contributed by atoms with E-state index < -0.39 is 12.8 Å². The average Bonchev–Trinajstić information content (AvgIpc) is 2.62. The number of carbonyl (C=O) groups excluding carboxylic acids is 1. The Bertz CT molecular complexity index is 970. The van der Waals surface area contributed by atoms with E-state index in [-0.39, 0.29) is 10.8 Å². The molecule has 0 N–H and O–H groups in total. The summed E-state index contributed by atoms with van der Waals surface area (Å²) in [6, 6.07) is 15.2. The SMILES string of the molecule is O=CCc1ccc2cc(Oc3ccc(OCC(F)(F)F)cc3Cl)ccc2c1. The summed E-state index contributed by atoms with van der Waals surface area (Å²) < 4.78 is 47.0. The van der Waals surface area contributed by atoms with E-state index in [1.54, 1.807) is 6.07 Å². The van der Waals surface area contributed by atoms with Crippen LogP contribution >= 0.6 is 11.6 Å². The fourth-order valence-electron chi connectivity index (χ4n) is 2.51. The van der Waals surface area contributed by atoms with Crippen LogP contribution in [0, 0.1) is 0 Å². The third kappa shape index (κ3) is 5.14. The van der Waals surface area contributed by atoms with Crippen LogP contribution in [0.2, 0.25) is 5.02 Å². The smallest absolute Gasteiger partial charge is 0.422 e. The van der Waals surface area contributed by atoms with Crippen LogP contribution < -0.4 is 9.47 Å². The molecule has 0 aliphatic heterocycles. The van der Waals surface area contributed by atoms with E-state index in [0.29, 0.717) is 17.9 Å². The number of halogens is 4. The molecule has 0 spiro atoms. The van der Waals surface area contributed by atoms with Gasteiger partial charge in [0.05, 0.1) is 5.02 Å². The van der Waals surface area contributed by atoms with Crippen molar-refractivity contribution in [3.05, 3.63) is 65.2 Å². The molecule has 0 radical (unpaired) electrons. The van der Waals surface area contributed by atoms with E-state index >= 15 is 0 Å². The number of benzene rings is 3. The van der Waals surface area contributed by atoms with Gasteiger partial charge in [-0.1, -0.05) is 35.9 Å². The Kier molecular flexibility index (Phi) is 5.56. The van der Waals surface area contributed by atoms with Crippen molar-refractivity contribution in [2.45, 2.75) is 12.6 Å². The maximum Gasteiger partial charge on any atom is 0.422 e. The van der Waals surface area contributed by atoms with Crippen molar-refractivity contribution < 1.29 is 27.4 Å². The summed E-state index contributed by atoms with van der Waals surface area (Å²) in [5.41, 5.74) is 0.920. The van der Waals surface area contributed by atoms with E-state index in [1.807, 2.05) is 30.3 Å². The summed E-state index contributed by atoms with van der Waals surface area (Å²) in [7, 11) is 0. The van der Waals surface area contributed by atoms with Crippen LogP contribution in [0.5, 0.6) is 17.2 Å². The first kappa shape index (κ1) is 19.0. The Morgan fingerprint density at radius 3 is 2.33 bits per heavy atom. The molecular weight excluding hydrogens is 381 g/mol. The van der Waals surface area contributed by atoms with E-state index in [2.05, 4.69) is 4.74 Å². The van der Waals surface area contributed by atoms with E-state index in [1.165, 1.54) is 18.2 Å². The minimum Gasteiger partial charge on any atom is -0.484 e. The van der Waals surface area contributed by atoms with Gasteiger partial charge < -0.3 is 14.3 Å². The normalized spacial score (nSPS) is 11.4. The molecule has 7 heteroatoms. The van der Waals surface area contributed by atoms with Gasteiger partial charge in [0.15, 0.2) is 6.61 Å². The van der Waals surface area contributed by atoms with Gasteiger partial charge in [-0.2, -0.15) is 13.2 Å². The predicted octanol–water partition coefficient (Wildman–Crippen LogP) is 5.97. The highest BCUT2D eigenvalue weighted by molar-refractivity contribution is 6.32. The number of fused-ring (bicyclic) bond motifs is 1. The molecule has 0 saturated heterocycles. The fourth-order valence-corrected chi connectivity index (χ4v) is 2.72. The molecule has 3 aromatic rings. The van der Waals surface area contributed by atoms with Crippen LogP contribution in [0.15, 0.2) is 54.6 Å². The first-order valence-electron chi connectivity index (χ1n) is 7.97. The van der Waals surface area contributed by atoms with Crippen LogP contribution in [-0.2, 0) is 11.2 Å². The Morgan fingerprint density at radius 1 is 0.926 bits per heavy atom. The van der Waals surface area contributed by atoms with Gasteiger partial charge in [-0.3, -0.25) is 0 Å². The van der Waals surface area contributed by atoms with E-state index in [0.717, 1.165) is 22.6 Å². The lowest BCUT2D eigenvalue weighted by atomic mass is 10.1. The molecule has 0 aliphatic rings. The number of hydrogen-bond donors (Lipinski definition) is 0. The Morgan fingerprint density at radius 2 is 1.63 bits per heavy atom. The summed E-state index contributed by atoms with van der Waals surface area (Å²) in [5, 5.41) is 2.02. The van der Waals surface area contributed by atoms with Crippen molar-refractivity contribution >= 4 is 28.7 Å². The Labute approximate surface area is 158 Å². The van der Waals surface area contributed by atoms with Crippen molar-refractivity contribution in [2.24, 2.45) is 0 Å². The second-order valence-corrected chi connectivity index (χ2v) is 6.22. The second-order valence-electron chi connectivity index (χ2n) is 5.81. The summed E-state index contributed by atoms with van der Waals surface area (Å²) in [6.07, 6.45) is -3.21. The zero-order valence-electron chi connectivity index (χ0n) is 13.9. The third-order valence-corrected chi connectivity index (χ3v) is 4.02. The summed E-state index contributed by atoms with van der Waals surface area (Å²) >= 11 is 6.08. The van der Waals surface area contributed by atoms with E-state index in [4.69, 9.17) is 16.3 Å². The van der Waals surface area contributed by atoms with Crippen molar-refractivity contribution in [2.75, 3.05) is 6.61 Å². The summed E-state index contributed by atoms with van der Waals surface area (Å²) in [5.74, 6) is 0.829. The first-order valence-corrected chi connectivity index (χ1v) is 8.35. The van der Waals surface area contributed by atoms with Crippen LogP contribution in [-0.4, -0.2) is 19.1 Å². The monoisotopic (exact) mass is 394 g/mol. The van der Waals surface area contributed by atoms with Gasteiger partial charge >= 0.3 is 6.18 Å².